The highest BCUT2D eigenvalue weighted by atomic mass is 127. The number of carbonyl (C=O) groups is 1. The Morgan fingerprint density at radius 3 is 2.50 bits per heavy atom. The van der Waals surface area contributed by atoms with Gasteiger partial charge in [0.1, 0.15) is 5.92 Å². The monoisotopic (exact) mass is 439 g/mol. The van der Waals surface area contributed by atoms with E-state index in [0.29, 0.717) is 5.56 Å². The molecule has 0 aliphatic carbocycles. The van der Waals surface area contributed by atoms with Crippen LogP contribution in [0.3, 0.4) is 0 Å². The Morgan fingerprint density at radius 2 is 1.90 bits per heavy atom. The third-order valence-electron chi connectivity index (χ3n) is 3.00. The number of rotatable bonds is 3. The molecule has 1 unspecified atom stereocenters. The molecule has 2 aromatic rings. The number of halogens is 2. The van der Waals surface area contributed by atoms with Crippen LogP contribution < -0.4 is 0 Å². The largest absolute Gasteiger partial charge is 0.292 e. The molecule has 2 rings (SSSR count). The minimum atomic E-state index is -0.765. The summed E-state index contributed by atoms with van der Waals surface area (Å²) in [5.74, 6) is -0.930. The van der Waals surface area contributed by atoms with Gasteiger partial charge in [-0.25, -0.2) is 0 Å². The van der Waals surface area contributed by atoms with E-state index in [9.17, 15) is 10.1 Å². The van der Waals surface area contributed by atoms with E-state index in [-0.39, 0.29) is 5.78 Å². The lowest BCUT2D eigenvalue weighted by Gasteiger charge is -2.11. The van der Waals surface area contributed by atoms with E-state index in [4.69, 9.17) is 0 Å². The standard InChI is InChI=1S/C16H11BrINO/c1-10-2-4-11(5-3-10)14(9-19)16(20)13-8-12(17)6-7-15(13)18/h2-8,14H,1H3. The number of nitrogens with zero attached hydrogens (tertiary/aromatic N) is 1. The SMILES string of the molecule is Cc1ccc(C(C#N)C(=O)c2cc(Br)ccc2I)cc1. The lowest BCUT2D eigenvalue weighted by molar-refractivity contribution is 0.0978. The van der Waals surface area contributed by atoms with Gasteiger partial charge in [0.15, 0.2) is 5.78 Å². The van der Waals surface area contributed by atoms with Crippen LogP contribution >= 0.6 is 38.5 Å². The van der Waals surface area contributed by atoms with Gasteiger partial charge in [-0.1, -0.05) is 45.8 Å². The Bertz CT molecular complexity index is 689. The maximum atomic E-state index is 12.6. The number of hydrogen-bond donors (Lipinski definition) is 0. The third-order valence-corrected chi connectivity index (χ3v) is 4.43. The summed E-state index contributed by atoms with van der Waals surface area (Å²) in [5, 5.41) is 9.36. The van der Waals surface area contributed by atoms with Gasteiger partial charge in [-0.3, -0.25) is 4.79 Å². The molecule has 1 atom stereocenters. The zero-order valence-electron chi connectivity index (χ0n) is 10.7. The first-order valence-corrected chi connectivity index (χ1v) is 7.85. The average Bonchev–Trinajstić information content (AvgIpc) is 2.44. The molecule has 2 nitrogen and oxygen atoms in total. The van der Waals surface area contributed by atoms with Gasteiger partial charge in [0.2, 0.25) is 0 Å². The van der Waals surface area contributed by atoms with Crippen LogP contribution in [-0.4, -0.2) is 5.78 Å². The Hall–Kier alpha value is -1.19. The molecule has 4 heteroatoms. The van der Waals surface area contributed by atoms with Crippen LogP contribution in [0.15, 0.2) is 46.9 Å². The smallest absolute Gasteiger partial charge is 0.185 e. The van der Waals surface area contributed by atoms with Crippen molar-refractivity contribution in [3.63, 3.8) is 0 Å². The number of aryl methyl sites for hydroxylation is 1. The van der Waals surface area contributed by atoms with Gasteiger partial charge >= 0.3 is 0 Å². The van der Waals surface area contributed by atoms with E-state index >= 15 is 0 Å². The molecule has 0 heterocycles. The number of carbonyl (C=O) groups excluding carboxylic acids is 1. The van der Waals surface area contributed by atoms with Crippen molar-refractivity contribution >= 4 is 44.3 Å². The molecule has 2 aromatic carbocycles. The summed E-state index contributed by atoms with van der Waals surface area (Å²) >= 11 is 5.48. The molecule has 0 aliphatic heterocycles. The van der Waals surface area contributed by atoms with Gasteiger partial charge in [0, 0.05) is 13.6 Å². The van der Waals surface area contributed by atoms with E-state index in [1.165, 1.54) is 0 Å². The van der Waals surface area contributed by atoms with E-state index in [0.717, 1.165) is 19.2 Å². The van der Waals surface area contributed by atoms with Crippen molar-refractivity contribution < 1.29 is 4.79 Å². The van der Waals surface area contributed by atoms with Crippen LogP contribution in [0.5, 0.6) is 0 Å². The first-order valence-electron chi connectivity index (χ1n) is 5.98. The minimum Gasteiger partial charge on any atom is -0.292 e. The molecule has 0 N–H and O–H groups in total. The summed E-state index contributed by atoms with van der Waals surface area (Å²) in [6.45, 7) is 1.98. The van der Waals surface area contributed by atoms with E-state index in [1.807, 2.05) is 43.3 Å². The molecular weight excluding hydrogens is 429 g/mol. The first-order chi connectivity index (χ1) is 9.52. The number of hydrogen-bond acceptors (Lipinski definition) is 2. The van der Waals surface area contributed by atoms with E-state index in [1.54, 1.807) is 6.07 Å². The number of ketones is 1. The second-order valence-electron chi connectivity index (χ2n) is 4.46. The minimum absolute atomic E-state index is 0.165. The predicted molar refractivity (Wildman–Crippen MR) is 90.7 cm³/mol. The molecule has 0 spiro atoms. The van der Waals surface area contributed by atoms with Crippen LogP contribution in [0.25, 0.3) is 0 Å². The highest BCUT2D eigenvalue weighted by molar-refractivity contribution is 14.1. The summed E-state index contributed by atoms with van der Waals surface area (Å²) in [4.78, 5) is 12.6. The summed E-state index contributed by atoms with van der Waals surface area (Å²) in [6, 6.07) is 15.1. The molecule has 0 amide bonds. The van der Waals surface area contributed by atoms with Crippen LogP contribution in [0.4, 0.5) is 0 Å². The molecule has 0 fully saturated rings. The van der Waals surface area contributed by atoms with Crippen molar-refractivity contribution in [3.05, 3.63) is 67.2 Å². The van der Waals surface area contributed by atoms with Crippen molar-refractivity contribution in [2.45, 2.75) is 12.8 Å². The van der Waals surface area contributed by atoms with Gasteiger partial charge < -0.3 is 0 Å². The maximum Gasteiger partial charge on any atom is 0.185 e. The molecule has 0 bridgehead atoms. The Labute approximate surface area is 140 Å². The van der Waals surface area contributed by atoms with Crippen LogP contribution in [0.2, 0.25) is 0 Å². The number of Topliss-reactive ketones (excluding diaryl/α,β-unsaturated/α-hetero) is 1. The van der Waals surface area contributed by atoms with Crippen molar-refractivity contribution in [3.8, 4) is 6.07 Å². The topological polar surface area (TPSA) is 40.9 Å². The fourth-order valence-corrected chi connectivity index (χ4v) is 2.85. The van der Waals surface area contributed by atoms with Gasteiger partial charge in [0.25, 0.3) is 0 Å². The molecule has 20 heavy (non-hydrogen) atoms. The molecule has 100 valence electrons. The summed E-state index contributed by atoms with van der Waals surface area (Å²) in [6.07, 6.45) is 0. The zero-order valence-corrected chi connectivity index (χ0v) is 14.5. The Balaban J connectivity index is 2.42. The molecule has 0 saturated carbocycles. The second kappa shape index (κ2) is 6.51. The quantitative estimate of drug-likeness (QED) is 0.506. The fraction of sp³-hybridized carbons (Fsp3) is 0.125. The van der Waals surface area contributed by atoms with Crippen molar-refractivity contribution in [1.82, 2.24) is 0 Å². The summed E-state index contributed by atoms with van der Waals surface area (Å²) in [5.41, 5.74) is 2.42. The van der Waals surface area contributed by atoms with Crippen molar-refractivity contribution in [2.24, 2.45) is 0 Å². The van der Waals surface area contributed by atoms with Crippen molar-refractivity contribution in [1.29, 1.82) is 5.26 Å². The van der Waals surface area contributed by atoms with E-state index < -0.39 is 5.92 Å². The van der Waals surface area contributed by atoms with Gasteiger partial charge in [-0.05, 0) is 53.3 Å². The third kappa shape index (κ3) is 3.28. The second-order valence-corrected chi connectivity index (χ2v) is 6.54. The highest BCUT2D eigenvalue weighted by Gasteiger charge is 2.23. The highest BCUT2D eigenvalue weighted by Crippen LogP contribution is 2.26. The molecule has 0 saturated heterocycles. The molecule has 0 aliphatic rings. The number of nitriles is 1. The molecular formula is C16H11BrINO. The first kappa shape index (κ1) is 15.2. The molecule has 0 radical (unpaired) electrons. The summed E-state index contributed by atoms with van der Waals surface area (Å²) < 4.78 is 1.69. The van der Waals surface area contributed by atoms with Gasteiger partial charge in [0.05, 0.1) is 6.07 Å². The van der Waals surface area contributed by atoms with Crippen LogP contribution in [-0.2, 0) is 0 Å². The maximum absolute atomic E-state index is 12.6. The Kier molecular flexibility index (Phi) is 4.95. The number of benzene rings is 2. The predicted octanol–water partition coefficient (Wildman–Crippen LogP) is 4.85. The summed E-state index contributed by atoms with van der Waals surface area (Å²) in [7, 11) is 0. The Morgan fingerprint density at radius 1 is 1.25 bits per heavy atom. The van der Waals surface area contributed by atoms with Crippen LogP contribution in [0, 0.1) is 21.8 Å². The molecule has 0 aromatic heterocycles. The average molecular weight is 440 g/mol. The lowest BCUT2D eigenvalue weighted by atomic mass is 9.91. The normalized spacial score (nSPS) is 11.7. The van der Waals surface area contributed by atoms with Gasteiger partial charge in [-0.2, -0.15) is 5.26 Å². The zero-order chi connectivity index (χ0) is 14.7. The van der Waals surface area contributed by atoms with Gasteiger partial charge in [-0.15, -0.1) is 0 Å². The lowest BCUT2D eigenvalue weighted by Crippen LogP contribution is -2.12. The fourth-order valence-electron chi connectivity index (χ4n) is 1.89. The van der Waals surface area contributed by atoms with Crippen molar-refractivity contribution in [2.75, 3.05) is 0 Å². The van der Waals surface area contributed by atoms with Crippen LogP contribution in [0.1, 0.15) is 27.4 Å². The van der Waals surface area contributed by atoms with E-state index in [2.05, 4.69) is 44.6 Å².